The summed E-state index contributed by atoms with van der Waals surface area (Å²) in [5.41, 5.74) is 0.213. The van der Waals surface area contributed by atoms with Crippen LogP contribution >= 0.6 is 11.6 Å². The summed E-state index contributed by atoms with van der Waals surface area (Å²) >= 11 is 5.87. The Labute approximate surface area is 101 Å². The largest absolute Gasteiger partial charge is 0.416 e. The van der Waals surface area contributed by atoms with Crippen molar-refractivity contribution in [2.45, 2.75) is 13.1 Å². The van der Waals surface area contributed by atoms with Crippen LogP contribution in [0.5, 0.6) is 0 Å². The molecule has 90 valence electrons. The molecule has 0 unspecified atom stereocenters. The van der Waals surface area contributed by atoms with Crippen molar-refractivity contribution in [2.24, 2.45) is 0 Å². The van der Waals surface area contributed by atoms with Crippen molar-refractivity contribution in [1.82, 2.24) is 9.78 Å². The standard InChI is InChI=1S/C11H8ClF3N2/c1-7-5-10(12)17(16-7)9-4-2-3-8(6-9)11(13,14)15/h2-6H,1H3. The van der Waals surface area contributed by atoms with E-state index in [-0.39, 0.29) is 10.8 Å². The predicted octanol–water partition coefficient (Wildman–Crippen LogP) is 3.85. The summed E-state index contributed by atoms with van der Waals surface area (Å²) in [6, 6.07) is 6.45. The maximum Gasteiger partial charge on any atom is 0.416 e. The molecule has 0 spiro atoms. The summed E-state index contributed by atoms with van der Waals surface area (Å²) in [7, 11) is 0. The molecule has 0 atom stereocenters. The van der Waals surface area contributed by atoms with Crippen molar-refractivity contribution < 1.29 is 13.2 Å². The summed E-state index contributed by atoms with van der Waals surface area (Å²) in [6.45, 7) is 1.72. The van der Waals surface area contributed by atoms with Gasteiger partial charge in [-0.2, -0.15) is 18.3 Å². The van der Waals surface area contributed by atoms with E-state index in [9.17, 15) is 13.2 Å². The van der Waals surface area contributed by atoms with Crippen LogP contribution in [0.15, 0.2) is 30.3 Å². The zero-order valence-electron chi connectivity index (χ0n) is 8.79. The first-order valence-corrected chi connectivity index (χ1v) is 5.15. The number of hydrogen-bond acceptors (Lipinski definition) is 1. The molecule has 0 fully saturated rings. The van der Waals surface area contributed by atoms with E-state index in [0.717, 1.165) is 12.1 Å². The number of alkyl halides is 3. The van der Waals surface area contributed by atoms with Gasteiger partial charge in [-0.3, -0.25) is 0 Å². The normalized spacial score (nSPS) is 11.8. The summed E-state index contributed by atoms with van der Waals surface area (Å²) in [4.78, 5) is 0. The number of hydrogen-bond donors (Lipinski definition) is 0. The monoisotopic (exact) mass is 260 g/mol. The average molecular weight is 261 g/mol. The van der Waals surface area contributed by atoms with Crippen molar-refractivity contribution in [1.29, 1.82) is 0 Å². The number of aryl methyl sites for hydroxylation is 1. The lowest BCUT2D eigenvalue weighted by Crippen LogP contribution is -2.06. The topological polar surface area (TPSA) is 17.8 Å². The first-order valence-electron chi connectivity index (χ1n) is 4.78. The van der Waals surface area contributed by atoms with Crippen LogP contribution < -0.4 is 0 Å². The summed E-state index contributed by atoms with van der Waals surface area (Å²) in [6.07, 6.45) is -4.37. The highest BCUT2D eigenvalue weighted by molar-refractivity contribution is 6.29. The van der Waals surface area contributed by atoms with Crippen LogP contribution in [0.25, 0.3) is 5.69 Å². The molecular formula is C11H8ClF3N2. The third-order valence-corrected chi connectivity index (χ3v) is 2.48. The molecule has 2 aromatic rings. The molecule has 1 aromatic carbocycles. The molecular weight excluding hydrogens is 253 g/mol. The van der Waals surface area contributed by atoms with Crippen molar-refractivity contribution in [3.8, 4) is 5.69 Å². The molecule has 6 heteroatoms. The molecule has 1 aromatic heterocycles. The lowest BCUT2D eigenvalue weighted by molar-refractivity contribution is -0.137. The molecule has 2 nitrogen and oxygen atoms in total. The second-order valence-electron chi connectivity index (χ2n) is 3.57. The minimum absolute atomic E-state index is 0.279. The second-order valence-corrected chi connectivity index (χ2v) is 3.96. The highest BCUT2D eigenvalue weighted by Crippen LogP contribution is 2.30. The van der Waals surface area contributed by atoms with Crippen LogP contribution in [0.2, 0.25) is 5.15 Å². The molecule has 1 heterocycles. The molecule has 0 saturated heterocycles. The Morgan fingerprint density at radius 2 is 1.94 bits per heavy atom. The number of benzene rings is 1. The van der Waals surface area contributed by atoms with Gasteiger partial charge < -0.3 is 0 Å². The van der Waals surface area contributed by atoms with E-state index in [0.29, 0.717) is 5.69 Å². The first-order chi connectivity index (χ1) is 7.88. The summed E-state index contributed by atoms with van der Waals surface area (Å²) in [5, 5.41) is 4.30. The zero-order valence-corrected chi connectivity index (χ0v) is 9.55. The van der Waals surface area contributed by atoms with E-state index in [4.69, 9.17) is 11.6 Å². The van der Waals surface area contributed by atoms with E-state index in [1.165, 1.54) is 16.8 Å². The highest BCUT2D eigenvalue weighted by Gasteiger charge is 2.30. The van der Waals surface area contributed by atoms with E-state index in [1.54, 1.807) is 13.0 Å². The number of aromatic nitrogens is 2. The van der Waals surface area contributed by atoms with Crippen LogP contribution in [0.4, 0.5) is 13.2 Å². The first kappa shape index (κ1) is 12.0. The van der Waals surface area contributed by atoms with Gasteiger partial charge in [-0.05, 0) is 31.2 Å². The molecule has 0 radical (unpaired) electrons. The number of nitrogens with zero attached hydrogens (tertiary/aromatic N) is 2. The van der Waals surface area contributed by atoms with Crippen molar-refractivity contribution in [3.05, 3.63) is 46.7 Å². The molecule has 0 aliphatic carbocycles. The lowest BCUT2D eigenvalue weighted by atomic mass is 10.2. The summed E-state index contributed by atoms with van der Waals surface area (Å²) in [5.74, 6) is 0. The van der Waals surface area contributed by atoms with Crippen LogP contribution in [0, 0.1) is 6.92 Å². The van der Waals surface area contributed by atoms with Crippen molar-refractivity contribution in [3.63, 3.8) is 0 Å². The molecule has 0 saturated carbocycles. The lowest BCUT2D eigenvalue weighted by Gasteiger charge is -2.09. The predicted molar refractivity (Wildman–Crippen MR) is 58.3 cm³/mol. The molecule has 0 aliphatic heterocycles. The van der Waals surface area contributed by atoms with Gasteiger partial charge in [0.05, 0.1) is 16.9 Å². The van der Waals surface area contributed by atoms with E-state index in [1.807, 2.05) is 0 Å². The van der Waals surface area contributed by atoms with Gasteiger partial charge in [0.1, 0.15) is 5.15 Å². The minimum atomic E-state index is -4.37. The minimum Gasteiger partial charge on any atom is -0.222 e. The molecule has 17 heavy (non-hydrogen) atoms. The molecule has 0 aliphatic rings. The Hall–Kier alpha value is -1.49. The van der Waals surface area contributed by atoms with Gasteiger partial charge in [0.15, 0.2) is 0 Å². The Balaban J connectivity index is 2.50. The zero-order chi connectivity index (χ0) is 12.6. The quantitative estimate of drug-likeness (QED) is 0.761. The van der Waals surface area contributed by atoms with E-state index in [2.05, 4.69) is 5.10 Å². The second kappa shape index (κ2) is 4.07. The Bertz CT molecular complexity index is 546. The fourth-order valence-corrected chi connectivity index (χ4v) is 1.76. The van der Waals surface area contributed by atoms with Crippen molar-refractivity contribution in [2.75, 3.05) is 0 Å². The third kappa shape index (κ3) is 2.44. The smallest absolute Gasteiger partial charge is 0.222 e. The Morgan fingerprint density at radius 3 is 2.47 bits per heavy atom. The fourth-order valence-electron chi connectivity index (χ4n) is 1.46. The molecule has 0 N–H and O–H groups in total. The van der Waals surface area contributed by atoms with Gasteiger partial charge in [-0.25, -0.2) is 4.68 Å². The maximum absolute atomic E-state index is 12.5. The van der Waals surface area contributed by atoms with Crippen molar-refractivity contribution >= 4 is 11.6 Å². The Kier molecular flexibility index (Phi) is 2.87. The number of halogens is 4. The Morgan fingerprint density at radius 1 is 1.24 bits per heavy atom. The van der Waals surface area contributed by atoms with Crippen LogP contribution in [0.3, 0.4) is 0 Å². The number of rotatable bonds is 1. The maximum atomic E-state index is 12.5. The van der Waals surface area contributed by atoms with Crippen LogP contribution in [-0.4, -0.2) is 9.78 Å². The van der Waals surface area contributed by atoms with Gasteiger partial charge in [0.2, 0.25) is 0 Å². The third-order valence-electron chi connectivity index (χ3n) is 2.21. The van der Waals surface area contributed by atoms with Crippen LogP contribution in [-0.2, 0) is 6.18 Å². The summed E-state index contributed by atoms with van der Waals surface area (Å²) < 4.78 is 38.9. The van der Waals surface area contributed by atoms with Gasteiger partial charge >= 0.3 is 6.18 Å². The SMILES string of the molecule is Cc1cc(Cl)n(-c2cccc(C(F)(F)F)c2)n1. The highest BCUT2D eigenvalue weighted by atomic mass is 35.5. The van der Waals surface area contributed by atoms with Gasteiger partial charge in [0.25, 0.3) is 0 Å². The van der Waals surface area contributed by atoms with Crippen LogP contribution in [0.1, 0.15) is 11.3 Å². The molecule has 2 rings (SSSR count). The molecule has 0 amide bonds. The molecule has 0 bridgehead atoms. The van der Waals surface area contributed by atoms with E-state index >= 15 is 0 Å². The van der Waals surface area contributed by atoms with E-state index < -0.39 is 11.7 Å². The van der Waals surface area contributed by atoms with Gasteiger partial charge in [0, 0.05) is 0 Å². The average Bonchev–Trinajstić information content (AvgIpc) is 2.57. The van der Waals surface area contributed by atoms with Gasteiger partial charge in [-0.15, -0.1) is 0 Å². The fraction of sp³-hybridized carbons (Fsp3) is 0.182. The van der Waals surface area contributed by atoms with Gasteiger partial charge in [-0.1, -0.05) is 17.7 Å².